The van der Waals surface area contributed by atoms with Gasteiger partial charge in [-0.1, -0.05) is 35.4 Å². The van der Waals surface area contributed by atoms with Crippen LogP contribution in [0.1, 0.15) is 5.56 Å². The predicted molar refractivity (Wildman–Crippen MR) is 71.9 cm³/mol. The molecule has 0 bridgehead atoms. The Morgan fingerprint density at radius 3 is 2.71 bits per heavy atom. The summed E-state index contributed by atoms with van der Waals surface area (Å²) in [7, 11) is 0. The molecule has 8 heteroatoms. The number of nitrogens with zero attached hydrogens (tertiary/aromatic N) is 3. The number of aliphatic hydroxyl groups excluding tert-OH is 3. The maximum Gasteiger partial charge on any atom is 0.181 e. The second-order valence-electron chi connectivity index (χ2n) is 4.75. The number of benzene rings is 1. The number of rotatable bonds is 6. The third-order valence-corrected chi connectivity index (χ3v) is 3.24. The van der Waals surface area contributed by atoms with E-state index in [4.69, 9.17) is 15.0 Å². The molecule has 0 amide bonds. The lowest BCUT2D eigenvalue weighted by molar-refractivity contribution is -0.152. The van der Waals surface area contributed by atoms with E-state index >= 15 is 0 Å². The molecular weight excluding hydrogens is 278 g/mol. The number of hydrogen-bond acceptors (Lipinski definition) is 6. The fourth-order valence-corrected chi connectivity index (χ4v) is 2.16. The van der Waals surface area contributed by atoms with Crippen molar-refractivity contribution in [1.29, 1.82) is 0 Å². The molecule has 3 unspecified atom stereocenters. The van der Waals surface area contributed by atoms with Crippen molar-refractivity contribution in [3.05, 3.63) is 46.3 Å². The van der Waals surface area contributed by atoms with Crippen molar-refractivity contribution in [3.8, 4) is 0 Å². The van der Waals surface area contributed by atoms with Gasteiger partial charge in [0.1, 0.15) is 18.3 Å². The molecule has 5 atom stereocenters. The van der Waals surface area contributed by atoms with Gasteiger partial charge in [0.15, 0.2) is 6.29 Å². The van der Waals surface area contributed by atoms with Crippen LogP contribution in [0.2, 0.25) is 0 Å². The monoisotopic (exact) mass is 295 g/mol. The van der Waals surface area contributed by atoms with E-state index in [1.165, 1.54) is 0 Å². The Labute approximate surface area is 121 Å². The normalized spacial score (nSPS) is 29.9. The van der Waals surface area contributed by atoms with Crippen molar-refractivity contribution >= 4 is 0 Å². The first kappa shape index (κ1) is 15.7. The van der Waals surface area contributed by atoms with Crippen LogP contribution in [0.15, 0.2) is 35.4 Å². The van der Waals surface area contributed by atoms with E-state index < -0.39 is 30.6 Å². The van der Waals surface area contributed by atoms with Gasteiger partial charge in [-0.05, 0) is 11.1 Å². The molecule has 1 fully saturated rings. The summed E-state index contributed by atoms with van der Waals surface area (Å²) in [5.41, 5.74) is 9.40. The Balaban J connectivity index is 1.87. The van der Waals surface area contributed by atoms with E-state index in [2.05, 4.69) is 10.0 Å². The van der Waals surface area contributed by atoms with Gasteiger partial charge in [0.05, 0.1) is 19.3 Å². The average molecular weight is 295 g/mol. The van der Waals surface area contributed by atoms with E-state index in [9.17, 15) is 15.3 Å². The highest BCUT2D eigenvalue weighted by Gasteiger charge is 2.45. The summed E-state index contributed by atoms with van der Waals surface area (Å²) in [5, 5.41) is 32.4. The Bertz CT molecular complexity index is 494. The molecule has 0 radical (unpaired) electrons. The highest BCUT2D eigenvalue weighted by atomic mass is 16.6. The van der Waals surface area contributed by atoms with Gasteiger partial charge in [-0.3, -0.25) is 0 Å². The van der Waals surface area contributed by atoms with Crippen molar-refractivity contribution in [1.82, 2.24) is 0 Å². The molecule has 1 aromatic rings. The third kappa shape index (κ3) is 3.92. The fraction of sp³-hybridized carbons (Fsp3) is 0.538. The number of aliphatic hydroxyl groups is 3. The topological polar surface area (TPSA) is 128 Å². The van der Waals surface area contributed by atoms with Gasteiger partial charge in [0.2, 0.25) is 0 Å². The molecule has 1 aliphatic heterocycles. The Hall–Kier alpha value is -1.67. The molecule has 1 saturated heterocycles. The van der Waals surface area contributed by atoms with E-state index in [0.717, 1.165) is 5.56 Å². The summed E-state index contributed by atoms with van der Waals surface area (Å²) < 4.78 is 10.4. The summed E-state index contributed by atoms with van der Waals surface area (Å²) in [6.07, 6.45) is -5.00. The predicted octanol–water partition coefficient (Wildman–Crippen LogP) is 0.321. The quantitative estimate of drug-likeness (QED) is 0.395. The summed E-state index contributed by atoms with van der Waals surface area (Å²) in [4.78, 5) is 2.59. The average Bonchev–Trinajstić information content (AvgIpc) is 2.77. The van der Waals surface area contributed by atoms with Crippen molar-refractivity contribution in [2.45, 2.75) is 37.3 Å². The van der Waals surface area contributed by atoms with Crippen molar-refractivity contribution in [3.63, 3.8) is 0 Å². The van der Waals surface area contributed by atoms with Crippen LogP contribution in [0.4, 0.5) is 0 Å². The molecule has 21 heavy (non-hydrogen) atoms. The van der Waals surface area contributed by atoms with Crippen LogP contribution in [0, 0.1) is 0 Å². The largest absolute Gasteiger partial charge is 0.388 e. The number of azide groups is 1. The zero-order chi connectivity index (χ0) is 15.2. The molecule has 1 aromatic carbocycles. The van der Waals surface area contributed by atoms with Crippen molar-refractivity contribution < 1.29 is 24.8 Å². The van der Waals surface area contributed by atoms with Gasteiger partial charge in [-0.25, -0.2) is 0 Å². The van der Waals surface area contributed by atoms with E-state index in [1.54, 1.807) is 0 Å². The lowest BCUT2D eigenvalue weighted by Gasteiger charge is -2.21. The molecule has 2 rings (SSSR count). The zero-order valence-corrected chi connectivity index (χ0v) is 11.2. The minimum atomic E-state index is -1.49. The maximum absolute atomic E-state index is 10.0. The highest BCUT2D eigenvalue weighted by Crippen LogP contribution is 2.25. The van der Waals surface area contributed by atoms with Gasteiger partial charge in [-0.2, -0.15) is 0 Å². The molecule has 1 aliphatic rings. The van der Waals surface area contributed by atoms with Crippen molar-refractivity contribution in [2.24, 2.45) is 5.11 Å². The van der Waals surface area contributed by atoms with Crippen LogP contribution in [0.3, 0.4) is 0 Å². The molecular formula is C13H17N3O5. The summed E-state index contributed by atoms with van der Waals surface area (Å²) in [6, 6.07) is 8.35. The highest BCUT2D eigenvalue weighted by molar-refractivity contribution is 5.13. The van der Waals surface area contributed by atoms with Crippen LogP contribution in [-0.4, -0.2) is 52.6 Å². The van der Waals surface area contributed by atoms with Crippen LogP contribution in [0.25, 0.3) is 10.4 Å². The molecule has 0 saturated carbocycles. The van der Waals surface area contributed by atoms with E-state index in [0.29, 0.717) is 6.61 Å². The van der Waals surface area contributed by atoms with Crippen molar-refractivity contribution in [2.75, 3.05) is 6.61 Å². The summed E-state index contributed by atoms with van der Waals surface area (Å²) >= 11 is 0. The molecule has 0 aliphatic carbocycles. The minimum Gasteiger partial charge on any atom is -0.388 e. The standard InChI is InChI=1S/C13H17N3O5/c14-16-15-10-11(18)13(19)21-12(10)9(17)7-20-6-8-4-2-1-3-5-8/h1-5,9-13,17-19H,6-7H2/t9?,10?,11-,12-,13?/m0/s1. The first-order valence-corrected chi connectivity index (χ1v) is 6.49. The van der Waals surface area contributed by atoms with Crippen LogP contribution < -0.4 is 0 Å². The van der Waals surface area contributed by atoms with Gasteiger partial charge in [0.25, 0.3) is 0 Å². The fourth-order valence-electron chi connectivity index (χ4n) is 2.16. The smallest absolute Gasteiger partial charge is 0.181 e. The first-order valence-electron chi connectivity index (χ1n) is 6.49. The Morgan fingerprint density at radius 1 is 1.33 bits per heavy atom. The zero-order valence-electron chi connectivity index (χ0n) is 11.2. The van der Waals surface area contributed by atoms with Gasteiger partial charge >= 0.3 is 0 Å². The third-order valence-electron chi connectivity index (χ3n) is 3.24. The Morgan fingerprint density at radius 2 is 2.05 bits per heavy atom. The number of ether oxygens (including phenoxy) is 2. The van der Waals surface area contributed by atoms with E-state index in [-0.39, 0.29) is 6.61 Å². The lowest BCUT2D eigenvalue weighted by Crippen LogP contribution is -2.39. The molecule has 3 N–H and O–H groups in total. The SMILES string of the molecule is [N-]=[N+]=NC1[C@H](O)C(O)O[C@H]1C(O)COCc1ccccc1. The summed E-state index contributed by atoms with van der Waals surface area (Å²) in [5.74, 6) is 0. The molecule has 0 spiro atoms. The first-order chi connectivity index (χ1) is 10.1. The van der Waals surface area contributed by atoms with Gasteiger partial charge in [-0.15, -0.1) is 0 Å². The van der Waals surface area contributed by atoms with Crippen LogP contribution in [-0.2, 0) is 16.1 Å². The minimum absolute atomic E-state index is 0.0730. The Kier molecular flexibility index (Phi) is 5.51. The van der Waals surface area contributed by atoms with Gasteiger partial charge < -0.3 is 24.8 Å². The van der Waals surface area contributed by atoms with Crippen LogP contribution in [0.5, 0.6) is 0 Å². The van der Waals surface area contributed by atoms with Crippen LogP contribution >= 0.6 is 0 Å². The molecule has 1 heterocycles. The van der Waals surface area contributed by atoms with E-state index in [1.807, 2.05) is 30.3 Å². The number of hydrogen-bond donors (Lipinski definition) is 3. The molecule has 114 valence electrons. The maximum atomic E-state index is 10.0. The lowest BCUT2D eigenvalue weighted by atomic mass is 10.0. The van der Waals surface area contributed by atoms with Gasteiger partial charge in [0, 0.05) is 4.91 Å². The summed E-state index contributed by atoms with van der Waals surface area (Å²) in [6.45, 7) is 0.234. The molecule has 8 nitrogen and oxygen atoms in total. The second kappa shape index (κ2) is 7.37. The molecule has 0 aromatic heterocycles. The second-order valence-corrected chi connectivity index (χ2v) is 4.75.